The molecule has 10 nitrogen and oxygen atoms in total. The molecule has 1 aromatic rings. The number of benzene rings is 1. The van der Waals surface area contributed by atoms with Crippen LogP contribution >= 0.6 is 0 Å². The molecule has 1 aliphatic heterocycles. The second-order valence-corrected chi connectivity index (χ2v) is 6.41. The van der Waals surface area contributed by atoms with Crippen molar-refractivity contribution in [2.45, 2.75) is 31.7 Å². The first-order valence-electron chi connectivity index (χ1n) is 8.90. The Labute approximate surface area is 161 Å². The highest BCUT2D eigenvalue weighted by atomic mass is 16.6. The molecule has 1 fully saturated rings. The van der Waals surface area contributed by atoms with Gasteiger partial charge in [0, 0.05) is 24.7 Å². The Hall–Kier alpha value is -3.01. The first-order chi connectivity index (χ1) is 13.3. The molecule has 3 N–H and O–H groups in total. The van der Waals surface area contributed by atoms with Crippen molar-refractivity contribution in [1.29, 1.82) is 0 Å². The lowest BCUT2D eigenvalue weighted by molar-refractivity contribution is -0.384. The van der Waals surface area contributed by atoms with Crippen LogP contribution < -0.4 is 11.1 Å². The number of nitro groups is 1. The molecule has 3 atom stereocenters. The van der Waals surface area contributed by atoms with E-state index in [9.17, 15) is 24.5 Å². The Morgan fingerprint density at radius 2 is 2.04 bits per heavy atom. The molecule has 1 aromatic carbocycles. The lowest BCUT2D eigenvalue weighted by Gasteiger charge is -2.26. The van der Waals surface area contributed by atoms with Crippen LogP contribution in [0, 0.1) is 16.0 Å². The summed E-state index contributed by atoms with van der Waals surface area (Å²) in [6.07, 6.45) is 0.304. The van der Waals surface area contributed by atoms with E-state index in [1.54, 1.807) is 6.92 Å². The minimum atomic E-state index is -1.18. The summed E-state index contributed by atoms with van der Waals surface area (Å²) in [5.74, 6) is -3.02. The van der Waals surface area contributed by atoms with Gasteiger partial charge >= 0.3 is 5.97 Å². The summed E-state index contributed by atoms with van der Waals surface area (Å²) in [6.45, 7) is 2.50. The van der Waals surface area contributed by atoms with Gasteiger partial charge in [-0.25, -0.2) is 0 Å². The summed E-state index contributed by atoms with van der Waals surface area (Å²) in [4.78, 5) is 46.9. The van der Waals surface area contributed by atoms with Gasteiger partial charge in [-0.2, -0.15) is 0 Å². The molecule has 0 aromatic heterocycles. The third-order valence-corrected chi connectivity index (χ3v) is 4.53. The lowest BCUT2D eigenvalue weighted by atomic mass is 9.87. The highest BCUT2D eigenvalue weighted by Crippen LogP contribution is 2.27. The third-order valence-electron chi connectivity index (χ3n) is 4.53. The summed E-state index contributed by atoms with van der Waals surface area (Å²) in [6, 6.07) is 4.21. The van der Waals surface area contributed by atoms with Crippen molar-refractivity contribution in [2.24, 2.45) is 11.7 Å². The first-order valence-corrected chi connectivity index (χ1v) is 8.90. The molecule has 0 unspecified atom stereocenters. The Morgan fingerprint density at radius 3 is 2.54 bits per heavy atom. The molecule has 0 saturated carbocycles. The summed E-state index contributed by atoms with van der Waals surface area (Å²) < 4.78 is 10.1. The predicted molar refractivity (Wildman–Crippen MR) is 97.1 cm³/mol. The fraction of sp³-hybridized carbons (Fsp3) is 0.500. The highest BCUT2D eigenvalue weighted by molar-refractivity contribution is 5.89. The minimum Gasteiger partial charge on any atom is -0.466 e. The van der Waals surface area contributed by atoms with Crippen molar-refractivity contribution < 1.29 is 28.8 Å². The van der Waals surface area contributed by atoms with Crippen molar-refractivity contribution in [1.82, 2.24) is 5.32 Å². The summed E-state index contributed by atoms with van der Waals surface area (Å²) >= 11 is 0. The number of nitro benzene ring substituents is 1. The van der Waals surface area contributed by atoms with Crippen LogP contribution in [0.4, 0.5) is 5.69 Å². The largest absolute Gasteiger partial charge is 0.466 e. The SMILES string of the molecule is CCOC(=O)C[C@H](c1ccc([N+](=O)[O-])cc1)[C@H](NC(=O)[C@H]1CCOC1)C(N)=O. The van der Waals surface area contributed by atoms with Gasteiger partial charge in [0.2, 0.25) is 11.8 Å². The van der Waals surface area contributed by atoms with Crippen LogP contribution in [-0.2, 0) is 23.9 Å². The second-order valence-electron chi connectivity index (χ2n) is 6.41. The normalized spacial score (nSPS) is 18.1. The van der Waals surface area contributed by atoms with E-state index in [1.165, 1.54) is 24.3 Å². The molecule has 0 radical (unpaired) electrons. The fourth-order valence-electron chi connectivity index (χ4n) is 3.05. The van der Waals surface area contributed by atoms with Gasteiger partial charge in [0.1, 0.15) is 6.04 Å². The van der Waals surface area contributed by atoms with Gasteiger partial charge in [-0.15, -0.1) is 0 Å². The Bertz CT molecular complexity index is 729. The molecule has 1 heterocycles. The quantitative estimate of drug-likeness (QED) is 0.355. The maximum absolute atomic E-state index is 12.4. The van der Waals surface area contributed by atoms with Crippen LogP contribution in [0.1, 0.15) is 31.2 Å². The third kappa shape index (κ3) is 5.49. The number of non-ortho nitro benzene ring substituents is 1. The van der Waals surface area contributed by atoms with Gasteiger partial charge in [0.05, 0.1) is 30.5 Å². The number of primary amides is 1. The average molecular weight is 393 g/mol. The van der Waals surface area contributed by atoms with E-state index in [2.05, 4.69) is 5.32 Å². The van der Waals surface area contributed by atoms with Crippen LogP contribution in [0.25, 0.3) is 0 Å². The summed E-state index contributed by atoms with van der Waals surface area (Å²) in [5, 5.41) is 13.5. The number of nitrogens with one attached hydrogen (secondary N) is 1. The van der Waals surface area contributed by atoms with Gasteiger partial charge in [-0.3, -0.25) is 24.5 Å². The van der Waals surface area contributed by atoms with Crippen molar-refractivity contribution in [2.75, 3.05) is 19.8 Å². The maximum atomic E-state index is 12.4. The summed E-state index contributed by atoms with van der Waals surface area (Å²) in [5.41, 5.74) is 5.82. The fourth-order valence-corrected chi connectivity index (χ4v) is 3.05. The number of nitrogens with two attached hydrogens (primary N) is 1. The molecule has 1 aliphatic rings. The Morgan fingerprint density at radius 1 is 1.36 bits per heavy atom. The minimum absolute atomic E-state index is 0.138. The molecular formula is C18H23N3O7. The molecule has 0 bridgehead atoms. The van der Waals surface area contributed by atoms with Crippen LogP contribution in [0.5, 0.6) is 0 Å². The molecule has 152 valence electrons. The van der Waals surface area contributed by atoms with Crippen molar-refractivity contribution in [3.63, 3.8) is 0 Å². The van der Waals surface area contributed by atoms with E-state index in [1.807, 2.05) is 0 Å². The van der Waals surface area contributed by atoms with Crippen molar-refractivity contribution >= 4 is 23.5 Å². The van der Waals surface area contributed by atoms with Crippen LogP contribution in [-0.4, -0.2) is 48.6 Å². The summed E-state index contributed by atoms with van der Waals surface area (Å²) in [7, 11) is 0. The zero-order valence-electron chi connectivity index (χ0n) is 15.5. The number of carbonyl (C=O) groups excluding carboxylic acids is 3. The lowest BCUT2D eigenvalue weighted by Crippen LogP contribution is -2.50. The standard InChI is InChI=1S/C18H23N3O7/c1-2-28-15(22)9-14(11-3-5-13(6-4-11)21(25)26)16(17(19)23)20-18(24)12-7-8-27-10-12/h3-6,12,14,16H,2,7-10H2,1H3,(H2,19,23)(H,20,24)/t12-,14+,16-/m0/s1. The van der Waals surface area contributed by atoms with Crippen LogP contribution in [0.15, 0.2) is 24.3 Å². The Kier molecular flexibility index (Phi) is 7.44. The number of ether oxygens (including phenoxy) is 2. The number of esters is 1. The highest BCUT2D eigenvalue weighted by Gasteiger charge is 2.34. The van der Waals surface area contributed by atoms with Gasteiger partial charge < -0.3 is 20.5 Å². The number of amides is 2. The molecule has 2 amide bonds. The zero-order chi connectivity index (χ0) is 20.7. The maximum Gasteiger partial charge on any atom is 0.306 e. The smallest absolute Gasteiger partial charge is 0.306 e. The predicted octanol–water partition coefficient (Wildman–Crippen LogP) is 0.638. The van der Waals surface area contributed by atoms with E-state index in [0.717, 1.165) is 0 Å². The van der Waals surface area contributed by atoms with E-state index in [0.29, 0.717) is 18.6 Å². The first kappa shape index (κ1) is 21.3. The zero-order valence-corrected chi connectivity index (χ0v) is 15.5. The molecule has 2 rings (SSSR count). The average Bonchev–Trinajstić information content (AvgIpc) is 3.19. The van der Waals surface area contributed by atoms with Gasteiger partial charge in [0.25, 0.3) is 5.69 Å². The molecule has 0 aliphatic carbocycles. The van der Waals surface area contributed by atoms with E-state index < -0.39 is 40.6 Å². The molecule has 1 saturated heterocycles. The Balaban J connectivity index is 2.29. The number of rotatable bonds is 9. The molecule has 28 heavy (non-hydrogen) atoms. The van der Waals surface area contributed by atoms with Gasteiger partial charge in [-0.05, 0) is 18.9 Å². The number of carbonyl (C=O) groups is 3. The monoisotopic (exact) mass is 393 g/mol. The van der Waals surface area contributed by atoms with E-state index in [-0.39, 0.29) is 25.3 Å². The van der Waals surface area contributed by atoms with Gasteiger partial charge in [0.15, 0.2) is 0 Å². The van der Waals surface area contributed by atoms with Crippen LogP contribution in [0.2, 0.25) is 0 Å². The number of hydrogen-bond donors (Lipinski definition) is 2. The van der Waals surface area contributed by atoms with E-state index in [4.69, 9.17) is 15.2 Å². The molecular weight excluding hydrogens is 370 g/mol. The van der Waals surface area contributed by atoms with E-state index >= 15 is 0 Å². The number of hydrogen-bond acceptors (Lipinski definition) is 7. The molecule has 10 heteroatoms. The van der Waals surface area contributed by atoms with Gasteiger partial charge in [-0.1, -0.05) is 12.1 Å². The topological polar surface area (TPSA) is 151 Å². The molecule has 0 spiro atoms. The second kappa shape index (κ2) is 9.79. The number of nitrogens with zero attached hydrogens (tertiary/aromatic N) is 1. The van der Waals surface area contributed by atoms with Crippen molar-refractivity contribution in [3.05, 3.63) is 39.9 Å². The van der Waals surface area contributed by atoms with Crippen molar-refractivity contribution in [3.8, 4) is 0 Å². The van der Waals surface area contributed by atoms with Crippen LogP contribution in [0.3, 0.4) is 0 Å².